The molecule has 4 aliphatic rings. The van der Waals surface area contributed by atoms with Crippen LogP contribution in [0.3, 0.4) is 0 Å². The Morgan fingerprint density at radius 3 is 2.36 bits per heavy atom. The lowest BCUT2D eigenvalue weighted by Gasteiger charge is -2.56. The number of anilines is 1. The molecule has 0 saturated heterocycles. The molecule has 5 atom stereocenters. The highest BCUT2D eigenvalue weighted by Gasteiger charge is 2.79. The average molecular weight is 587 g/mol. The highest BCUT2D eigenvalue weighted by atomic mass is 19.4. The van der Waals surface area contributed by atoms with E-state index < -0.39 is 41.4 Å². The Morgan fingerprint density at radius 2 is 1.69 bits per heavy atom. The number of pyridine rings is 1. The van der Waals surface area contributed by atoms with Crippen molar-refractivity contribution in [3.8, 4) is 0 Å². The van der Waals surface area contributed by atoms with Crippen molar-refractivity contribution in [1.29, 1.82) is 0 Å². The van der Waals surface area contributed by atoms with Crippen molar-refractivity contribution in [2.75, 3.05) is 5.32 Å². The Hall–Kier alpha value is -3.40. The van der Waals surface area contributed by atoms with Gasteiger partial charge in [-0.05, 0) is 97.4 Å². The Morgan fingerprint density at radius 1 is 1.00 bits per heavy atom. The quantitative estimate of drug-likeness (QED) is 0.373. The number of fused-ring (bicyclic) bond motifs is 4. The van der Waals surface area contributed by atoms with Crippen molar-refractivity contribution >= 4 is 17.4 Å². The van der Waals surface area contributed by atoms with Gasteiger partial charge in [0.25, 0.3) is 5.91 Å². The van der Waals surface area contributed by atoms with Crippen LogP contribution in [0.2, 0.25) is 0 Å². The lowest BCUT2D eigenvalue weighted by molar-refractivity contribution is -0.362. The molecule has 2 fully saturated rings. The van der Waals surface area contributed by atoms with E-state index in [1.54, 1.807) is 54.9 Å². The Kier molecular flexibility index (Phi) is 6.72. The van der Waals surface area contributed by atoms with E-state index in [1.807, 2.05) is 0 Å². The first kappa shape index (κ1) is 28.7. The molecule has 4 aliphatic carbocycles. The van der Waals surface area contributed by atoms with E-state index in [-0.39, 0.29) is 30.4 Å². The molecule has 1 aromatic heterocycles. The van der Waals surface area contributed by atoms with Crippen LogP contribution in [-0.2, 0) is 4.79 Å². The van der Waals surface area contributed by atoms with E-state index in [2.05, 4.69) is 10.3 Å². The average Bonchev–Trinajstić information content (AvgIpc) is 3.23. The maximum absolute atomic E-state index is 15.1. The van der Waals surface area contributed by atoms with E-state index in [1.165, 1.54) is 6.92 Å². The highest BCUT2D eigenvalue weighted by Crippen LogP contribution is 2.70. The summed E-state index contributed by atoms with van der Waals surface area (Å²) in [5, 5.41) is 14.2. The topological polar surface area (TPSA) is 79.3 Å². The van der Waals surface area contributed by atoms with E-state index in [4.69, 9.17) is 0 Å². The summed E-state index contributed by atoms with van der Waals surface area (Å²) in [4.78, 5) is 29.0. The number of aliphatic hydroxyl groups is 1. The fraction of sp³-hybridized carbons (Fsp3) is 0.469. The van der Waals surface area contributed by atoms with Crippen molar-refractivity contribution < 1.29 is 36.6 Å². The number of allylic oxidation sites excluding steroid dienone is 4. The minimum Gasteiger partial charge on any atom is -0.383 e. The Labute approximate surface area is 239 Å². The monoisotopic (exact) mass is 586 g/mol. The van der Waals surface area contributed by atoms with Gasteiger partial charge in [0, 0.05) is 41.4 Å². The number of nitrogens with zero attached hydrogens (tertiary/aromatic N) is 1. The fourth-order valence-corrected chi connectivity index (χ4v) is 8.22. The molecule has 0 radical (unpaired) electrons. The zero-order chi connectivity index (χ0) is 30.1. The lowest BCUT2D eigenvalue weighted by atomic mass is 9.50. The molecular weight excluding hydrogens is 555 g/mol. The predicted molar refractivity (Wildman–Crippen MR) is 145 cm³/mol. The molecule has 0 bridgehead atoms. The van der Waals surface area contributed by atoms with Gasteiger partial charge in [-0.2, -0.15) is 22.0 Å². The van der Waals surface area contributed by atoms with Crippen molar-refractivity contribution in [2.24, 2.45) is 17.3 Å². The molecule has 1 aromatic carbocycles. The summed E-state index contributed by atoms with van der Waals surface area (Å²) in [6, 6.07) is 9.92. The number of rotatable bonds is 4. The third-order valence-electron chi connectivity index (χ3n) is 10.3. The summed E-state index contributed by atoms with van der Waals surface area (Å²) >= 11 is 0. The number of hydrogen-bond acceptors (Lipinski definition) is 4. The van der Waals surface area contributed by atoms with Crippen LogP contribution in [0.15, 0.2) is 71.6 Å². The molecule has 2 N–H and O–H groups in total. The van der Waals surface area contributed by atoms with E-state index in [9.17, 15) is 27.9 Å². The number of benzene rings is 1. The first-order valence-electron chi connectivity index (χ1n) is 14.2. The fourth-order valence-electron chi connectivity index (χ4n) is 8.22. The van der Waals surface area contributed by atoms with Gasteiger partial charge < -0.3 is 10.4 Å². The minimum absolute atomic E-state index is 0.0228. The summed E-state index contributed by atoms with van der Waals surface area (Å²) < 4.78 is 71.5. The summed E-state index contributed by atoms with van der Waals surface area (Å²) in [6.07, 6.45) is -0.0323. The van der Waals surface area contributed by atoms with Gasteiger partial charge in [-0.25, -0.2) is 0 Å². The van der Waals surface area contributed by atoms with Crippen molar-refractivity contribution in [1.82, 2.24) is 4.98 Å². The van der Waals surface area contributed by atoms with Crippen LogP contribution < -0.4 is 5.32 Å². The number of ketones is 1. The van der Waals surface area contributed by atoms with Crippen LogP contribution in [-0.4, -0.2) is 39.5 Å². The second kappa shape index (κ2) is 9.82. The number of halogens is 5. The summed E-state index contributed by atoms with van der Waals surface area (Å²) in [6.45, 7) is 1.39. The van der Waals surface area contributed by atoms with Gasteiger partial charge >= 0.3 is 12.1 Å². The Balaban J connectivity index is 1.42. The predicted octanol–water partition coefficient (Wildman–Crippen LogP) is 7.16. The van der Waals surface area contributed by atoms with Gasteiger partial charge in [-0.1, -0.05) is 24.6 Å². The van der Waals surface area contributed by atoms with Crippen LogP contribution in [0.4, 0.5) is 27.6 Å². The summed E-state index contributed by atoms with van der Waals surface area (Å²) in [5.74, 6) is -7.07. The van der Waals surface area contributed by atoms with Crippen LogP contribution in [0.1, 0.15) is 73.7 Å². The molecule has 1 heterocycles. The first-order chi connectivity index (χ1) is 19.8. The molecule has 2 saturated carbocycles. The first-order valence-corrected chi connectivity index (χ1v) is 14.2. The molecule has 0 spiro atoms. The van der Waals surface area contributed by atoms with E-state index >= 15 is 8.78 Å². The molecule has 6 rings (SSSR count). The number of hydrogen-bond donors (Lipinski definition) is 2. The van der Waals surface area contributed by atoms with Gasteiger partial charge in [0.15, 0.2) is 5.78 Å². The number of amides is 1. The molecule has 5 nitrogen and oxygen atoms in total. The molecule has 1 amide bonds. The number of aromatic nitrogens is 1. The Bertz CT molecular complexity index is 1480. The molecule has 10 heteroatoms. The maximum Gasteiger partial charge on any atom is 0.456 e. The van der Waals surface area contributed by atoms with Crippen molar-refractivity contribution in [3.05, 3.63) is 82.7 Å². The van der Waals surface area contributed by atoms with Crippen LogP contribution >= 0.6 is 0 Å². The smallest absolute Gasteiger partial charge is 0.383 e. The van der Waals surface area contributed by atoms with Crippen LogP contribution in [0.5, 0.6) is 0 Å². The molecule has 222 valence electrons. The highest BCUT2D eigenvalue weighted by molar-refractivity contribution is 6.04. The number of carbonyl (C=O) groups is 2. The number of carbonyl (C=O) groups excluding carboxylic acids is 2. The van der Waals surface area contributed by atoms with Gasteiger partial charge in [0.2, 0.25) is 0 Å². The van der Waals surface area contributed by atoms with Crippen LogP contribution in [0.25, 0.3) is 0 Å². The zero-order valence-corrected chi connectivity index (χ0v) is 23.0. The van der Waals surface area contributed by atoms with Gasteiger partial charge in [-0.3, -0.25) is 14.6 Å². The SMILES string of the molecule is C[C@]12C[C@H](c3ccc(C(=O)Nc4ccncc4)cc3)C3=C4CCC(=O)C=C4CC[C@H]3[C@@H]1CC[C@@]2(O)C(F)(F)C(F)(F)F. The van der Waals surface area contributed by atoms with E-state index in [0.717, 1.165) is 16.7 Å². The lowest BCUT2D eigenvalue weighted by Crippen LogP contribution is -2.65. The van der Waals surface area contributed by atoms with Gasteiger partial charge in [0.1, 0.15) is 5.60 Å². The van der Waals surface area contributed by atoms with Gasteiger partial charge in [0.05, 0.1) is 0 Å². The second-order valence-corrected chi connectivity index (χ2v) is 12.3. The largest absolute Gasteiger partial charge is 0.456 e. The van der Waals surface area contributed by atoms with Crippen molar-refractivity contribution in [3.63, 3.8) is 0 Å². The zero-order valence-electron chi connectivity index (χ0n) is 23.0. The normalized spacial score (nSPS) is 31.2. The van der Waals surface area contributed by atoms with Crippen molar-refractivity contribution in [2.45, 2.75) is 75.5 Å². The van der Waals surface area contributed by atoms with E-state index in [0.29, 0.717) is 42.5 Å². The summed E-state index contributed by atoms with van der Waals surface area (Å²) in [5.41, 5.74) is -0.530. The third-order valence-corrected chi connectivity index (χ3v) is 10.3. The number of nitrogens with one attached hydrogen (secondary N) is 1. The molecular formula is C32H31F5N2O3. The standard InChI is InChI=1S/C32H31F5N2O3/c1-29-17-25(18-2-4-19(5-3-18)28(41)39-21-11-14-38-15-12-21)27-23-9-7-22(40)16-20(23)6-8-24(27)26(29)10-13-30(29,42)31(33,34)32(35,36)37/h2-5,11-12,14-16,24-26,42H,6-10,13,17H2,1H3,(H,38,39,41)/t24-,25+,26-,29-,30-/m0/s1. The van der Waals surface area contributed by atoms with Crippen LogP contribution in [0, 0.1) is 17.3 Å². The molecule has 2 aromatic rings. The second-order valence-electron chi connectivity index (χ2n) is 12.3. The maximum atomic E-state index is 15.1. The molecule has 42 heavy (non-hydrogen) atoms. The minimum atomic E-state index is -5.90. The molecule has 0 aliphatic heterocycles. The number of alkyl halides is 5. The summed E-state index contributed by atoms with van der Waals surface area (Å²) in [7, 11) is 0. The molecule has 0 unspecified atom stereocenters. The third kappa shape index (κ3) is 4.24. The van der Waals surface area contributed by atoms with Gasteiger partial charge in [-0.15, -0.1) is 0 Å².